The molecule has 2 aromatic rings. The Labute approximate surface area is 129 Å². The largest absolute Gasteiger partial charge is 0.327 e. The fourth-order valence-corrected chi connectivity index (χ4v) is 2.90. The first-order valence-electron chi connectivity index (χ1n) is 6.57. The van der Waals surface area contributed by atoms with Crippen LogP contribution in [0.25, 0.3) is 0 Å². The predicted molar refractivity (Wildman–Crippen MR) is 84.5 cm³/mol. The van der Waals surface area contributed by atoms with E-state index >= 15 is 0 Å². The second-order valence-electron chi connectivity index (χ2n) is 5.18. The van der Waals surface area contributed by atoms with E-state index in [-0.39, 0.29) is 6.04 Å². The molecule has 1 heterocycles. The number of hydrogen-bond donors (Lipinski definition) is 1. The summed E-state index contributed by atoms with van der Waals surface area (Å²) in [7, 11) is 1.95. The van der Waals surface area contributed by atoms with Crippen LogP contribution in [0.15, 0.2) is 18.2 Å². The summed E-state index contributed by atoms with van der Waals surface area (Å²) < 4.78 is 1.90. The lowest BCUT2D eigenvalue weighted by molar-refractivity contribution is 0.658. The van der Waals surface area contributed by atoms with Gasteiger partial charge in [-0.3, -0.25) is 4.68 Å². The van der Waals surface area contributed by atoms with Gasteiger partial charge in [-0.25, -0.2) is 0 Å². The molecule has 0 aliphatic rings. The number of nitrogens with zero attached hydrogens (tertiary/aromatic N) is 2. The van der Waals surface area contributed by atoms with Gasteiger partial charge in [-0.05, 0) is 49.9 Å². The van der Waals surface area contributed by atoms with E-state index in [0.29, 0.717) is 10.0 Å². The van der Waals surface area contributed by atoms with Crippen LogP contribution in [0.1, 0.15) is 22.5 Å². The molecule has 0 amide bonds. The Morgan fingerprint density at radius 1 is 1.25 bits per heavy atom. The van der Waals surface area contributed by atoms with Gasteiger partial charge in [-0.15, -0.1) is 0 Å². The van der Waals surface area contributed by atoms with Gasteiger partial charge in [-0.2, -0.15) is 5.10 Å². The van der Waals surface area contributed by atoms with E-state index < -0.39 is 0 Å². The predicted octanol–water partition coefficient (Wildman–Crippen LogP) is 3.46. The van der Waals surface area contributed by atoms with Gasteiger partial charge in [0.2, 0.25) is 0 Å². The van der Waals surface area contributed by atoms with Crippen molar-refractivity contribution >= 4 is 23.2 Å². The fraction of sp³-hybridized carbons (Fsp3) is 0.400. The molecule has 2 rings (SSSR count). The van der Waals surface area contributed by atoms with E-state index in [2.05, 4.69) is 12.0 Å². The Morgan fingerprint density at radius 3 is 2.50 bits per heavy atom. The zero-order valence-electron chi connectivity index (χ0n) is 12.0. The van der Waals surface area contributed by atoms with E-state index in [4.69, 9.17) is 28.9 Å². The van der Waals surface area contributed by atoms with Crippen LogP contribution >= 0.6 is 23.2 Å². The molecule has 0 saturated heterocycles. The molecule has 1 atom stereocenters. The molecule has 108 valence electrons. The molecule has 0 radical (unpaired) electrons. The van der Waals surface area contributed by atoms with Crippen LogP contribution in [0, 0.1) is 13.8 Å². The summed E-state index contributed by atoms with van der Waals surface area (Å²) in [6.45, 7) is 4.08. The number of aryl methyl sites for hydroxylation is 2. The number of rotatable bonds is 4. The van der Waals surface area contributed by atoms with Crippen LogP contribution in [0.4, 0.5) is 0 Å². The Kier molecular flexibility index (Phi) is 4.74. The standard InChI is InChI=1S/C15H19Cl2N3/c1-9-14(10(2)20(3)19-9)8-13(18)6-11-4-5-12(16)7-15(11)17/h4-5,7,13H,6,8,18H2,1-3H3. The average Bonchev–Trinajstić information content (AvgIpc) is 2.60. The van der Waals surface area contributed by atoms with E-state index in [1.807, 2.05) is 30.8 Å². The second-order valence-corrected chi connectivity index (χ2v) is 6.02. The maximum atomic E-state index is 6.26. The summed E-state index contributed by atoms with van der Waals surface area (Å²) >= 11 is 12.1. The number of aromatic nitrogens is 2. The number of halogens is 2. The van der Waals surface area contributed by atoms with Gasteiger partial charge >= 0.3 is 0 Å². The van der Waals surface area contributed by atoms with Crippen molar-refractivity contribution < 1.29 is 0 Å². The lowest BCUT2D eigenvalue weighted by Crippen LogP contribution is -2.26. The van der Waals surface area contributed by atoms with Crippen molar-refractivity contribution in [2.24, 2.45) is 12.8 Å². The molecule has 0 aliphatic heterocycles. The van der Waals surface area contributed by atoms with Crippen molar-refractivity contribution in [2.45, 2.75) is 32.7 Å². The minimum absolute atomic E-state index is 0.00951. The van der Waals surface area contributed by atoms with Crippen LogP contribution in [0.2, 0.25) is 10.0 Å². The first-order chi connectivity index (χ1) is 9.38. The highest BCUT2D eigenvalue weighted by Crippen LogP contribution is 2.23. The maximum Gasteiger partial charge on any atom is 0.0628 e. The molecule has 0 bridgehead atoms. The summed E-state index contributed by atoms with van der Waals surface area (Å²) in [6, 6.07) is 5.55. The number of hydrogen-bond acceptors (Lipinski definition) is 2. The van der Waals surface area contributed by atoms with Crippen LogP contribution in [-0.2, 0) is 19.9 Å². The maximum absolute atomic E-state index is 6.26. The minimum Gasteiger partial charge on any atom is -0.327 e. The Hall–Kier alpha value is -1.03. The van der Waals surface area contributed by atoms with E-state index in [0.717, 1.165) is 24.1 Å². The summed E-state index contributed by atoms with van der Waals surface area (Å²) in [5.41, 5.74) is 10.7. The highest BCUT2D eigenvalue weighted by atomic mass is 35.5. The summed E-state index contributed by atoms with van der Waals surface area (Å²) in [5.74, 6) is 0. The SMILES string of the molecule is Cc1nn(C)c(C)c1CC(N)Cc1ccc(Cl)cc1Cl. The molecule has 5 heteroatoms. The van der Waals surface area contributed by atoms with Crippen molar-refractivity contribution in [1.29, 1.82) is 0 Å². The lowest BCUT2D eigenvalue weighted by Gasteiger charge is -2.13. The van der Waals surface area contributed by atoms with Crippen LogP contribution in [0.3, 0.4) is 0 Å². The highest BCUT2D eigenvalue weighted by molar-refractivity contribution is 6.35. The molecular weight excluding hydrogens is 293 g/mol. The average molecular weight is 312 g/mol. The molecule has 1 aromatic carbocycles. The van der Waals surface area contributed by atoms with Crippen molar-refractivity contribution in [1.82, 2.24) is 9.78 Å². The van der Waals surface area contributed by atoms with Crippen molar-refractivity contribution in [3.05, 3.63) is 50.8 Å². The third kappa shape index (κ3) is 3.35. The van der Waals surface area contributed by atoms with E-state index in [1.54, 1.807) is 6.07 Å². The molecule has 2 N–H and O–H groups in total. The van der Waals surface area contributed by atoms with Crippen LogP contribution in [-0.4, -0.2) is 15.8 Å². The third-order valence-corrected chi connectivity index (χ3v) is 4.21. The quantitative estimate of drug-likeness (QED) is 0.939. The van der Waals surface area contributed by atoms with Crippen molar-refractivity contribution in [3.63, 3.8) is 0 Å². The minimum atomic E-state index is 0.00951. The van der Waals surface area contributed by atoms with Crippen molar-refractivity contribution in [3.8, 4) is 0 Å². The summed E-state index contributed by atoms with van der Waals surface area (Å²) in [4.78, 5) is 0. The normalized spacial score (nSPS) is 12.7. The Balaban J connectivity index is 2.11. The van der Waals surface area contributed by atoms with Gasteiger partial charge in [0.05, 0.1) is 5.69 Å². The topological polar surface area (TPSA) is 43.8 Å². The fourth-order valence-electron chi connectivity index (χ4n) is 2.42. The molecule has 1 aromatic heterocycles. The zero-order chi connectivity index (χ0) is 14.9. The first kappa shape index (κ1) is 15.4. The Bertz CT molecular complexity index is 620. The molecule has 1 unspecified atom stereocenters. The molecule has 20 heavy (non-hydrogen) atoms. The highest BCUT2D eigenvalue weighted by Gasteiger charge is 2.14. The summed E-state index contributed by atoms with van der Waals surface area (Å²) in [5, 5.41) is 5.74. The Morgan fingerprint density at radius 2 is 1.95 bits per heavy atom. The molecule has 0 spiro atoms. The van der Waals surface area contributed by atoms with Crippen molar-refractivity contribution in [2.75, 3.05) is 0 Å². The van der Waals surface area contributed by atoms with Crippen LogP contribution in [0.5, 0.6) is 0 Å². The van der Waals surface area contributed by atoms with Gasteiger partial charge in [-0.1, -0.05) is 29.3 Å². The molecular formula is C15H19Cl2N3. The van der Waals surface area contributed by atoms with E-state index in [9.17, 15) is 0 Å². The monoisotopic (exact) mass is 311 g/mol. The van der Waals surface area contributed by atoms with Gasteiger partial charge in [0.15, 0.2) is 0 Å². The third-order valence-electron chi connectivity index (χ3n) is 3.62. The summed E-state index contributed by atoms with van der Waals surface area (Å²) in [6.07, 6.45) is 1.52. The molecule has 0 aliphatic carbocycles. The van der Waals surface area contributed by atoms with Gasteiger partial charge in [0.25, 0.3) is 0 Å². The smallest absolute Gasteiger partial charge is 0.0628 e. The molecule has 3 nitrogen and oxygen atoms in total. The first-order valence-corrected chi connectivity index (χ1v) is 7.32. The zero-order valence-corrected chi connectivity index (χ0v) is 13.5. The van der Waals surface area contributed by atoms with Gasteiger partial charge < -0.3 is 5.73 Å². The van der Waals surface area contributed by atoms with Gasteiger partial charge in [0.1, 0.15) is 0 Å². The van der Waals surface area contributed by atoms with Crippen LogP contribution < -0.4 is 5.73 Å². The number of nitrogens with two attached hydrogens (primary N) is 1. The molecule has 0 fully saturated rings. The number of benzene rings is 1. The molecule has 0 saturated carbocycles. The van der Waals surface area contributed by atoms with E-state index in [1.165, 1.54) is 11.3 Å². The van der Waals surface area contributed by atoms with Gasteiger partial charge in [0, 0.05) is 28.8 Å². The lowest BCUT2D eigenvalue weighted by atomic mass is 9.98. The second kappa shape index (κ2) is 6.17.